The number of hydrogen-bond donors (Lipinski definition) is 0. The Morgan fingerprint density at radius 2 is 1.85 bits per heavy atom. The number of rotatable bonds is 4. The Morgan fingerprint density at radius 1 is 1.15 bits per heavy atom. The standard InChI is InChI=1S/C17H20ClNS/c1-19(2)16(15-5-3-12-20-15)17(10-4-11-17)13-6-8-14(18)9-7-13/h3,5-9,12,16H,4,10-11H2,1-2H3. The van der Waals surface area contributed by atoms with Gasteiger partial charge in [0.2, 0.25) is 0 Å². The molecule has 1 unspecified atom stereocenters. The summed E-state index contributed by atoms with van der Waals surface area (Å²) in [6.45, 7) is 0. The Bertz CT molecular complexity index is 555. The molecule has 0 radical (unpaired) electrons. The van der Waals surface area contributed by atoms with Crippen molar-refractivity contribution in [1.29, 1.82) is 0 Å². The number of thiophene rings is 1. The van der Waals surface area contributed by atoms with Crippen LogP contribution >= 0.6 is 22.9 Å². The summed E-state index contributed by atoms with van der Waals surface area (Å²) < 4.78 is 0. The molecule has 2 aromatic rings. The highest BCUT2D eigenvalue weighted by atomic mass is 35.5. The minimum atomic E-state index is 0.249. The Kier molecular flexibility index (Phi) is 3.89. The molecule has 0 saturated heterocycles. The molecule has 0 spiro atoms. The highest BCUT2D eigenvalue weighted by Crippen LogP contribution is 2.54. The van der Waals surface area contributed by atoms with Gasteiger partial charge in [0.05, 0.1) is 6.04 Å². The first-order valence-corrected chi connectivity index (χ1v) is 8.35. The topological polar surface area (TPSA) is 3.24 Å². The molecule has 106 valence electrons. The Hall–Kier alpha value is -0.830. The summed E-state index contributed by atoms with van der Waals surface area (Å²) in [5.41, 5.74) is 1.68. The predicted octanol–water partition coefficient (Wildman–Crippen LogP) is 5.13. The summed E-state index contributed by atoms with van der Waals surface area (Å²) >= 11 is 7.92. The van der Waals surface area contributed by atoms with Gasteiger partial charge < -0.3 is 4.90 Å². The summed E-state index contributed by atoms with van der Waals surface area (Å²) in [5, 5.41) is 3.00. The van der Waals surface area contributed by atoms with Crippen LogP contribution in [0.4, 0.5) is 0 Å². The molecule has 1 atom stereocenters. The van der Waals surface area contributed by atoms with Crippen molar-refractivity contribution in [2.75, 3.05) is 14.1 Å². The zero-order valence-electron chi connectivity index (χ0n) is 12.0. The molecular weight excluding hydrogens is 286 g/mol. The van der Waals surface area contributed by atoms with Crippen LogP contribution in [-0.4, -0.2) is 19.0 Å². The predicted molar refractivity (Wildman–Crippen MR) is 87.7 cm³/mol. The van der Waals surface area contributed by atoms with Crippen molar-refractivity contribution in [2.24, 2.45) is 0 Å². The molecule has 0 amide bonds. The van der Waals surface area contributed by atoms with Crippen molar-refractivity contribution in [1.82, 2.24) is 4.90 Å². The molecule has 20 heavy (non-hydrogen) atoms. The molecule has 1 nitrogen and oxygen atoms in total. The summed E-state index contributed by atoms with van der Waals surface area (Å²) in [7, 11) is 4.39. The smallest absolute Gasteiger partial charge is 0.0533 e. The number of nitrogens with zero attached hydrogens (tertiary/aromatic N) is 1. The van der Waals surface area contributed by atoms with Crippen molar-refractivity contribution in [3.63, 3.8) is 0 Å². The van der Waals surface area contributed by atoms with Crippen molar-refractivity contribution in [3.05, 3.63) is 57.2 Å². The van der Waals surface area contributed by atoms with Crippen molar-refractivity contribution >= 4 is 22.9 Å². The largest absolute Gasteiger partial charge is 0.301 e. The van der Waals surface area contributed by atoms with Crippen LogP contribution in [0.25, 0.3) is 0 Å². The number of halogens is 1. The maximum absolute atomic E-state index is 6.06. The average Bonchev–Trinajstić information content (AvgIpc) is 2.87. The van der Waals surface area contributed by atoms with Crippen LogP contribution in [0.2, 0.25) is 5.02 Å². The van der Waals surface area contributed by atoms with E-state index in [0.29, 0.717) is 6.04 Å². The molecule has 1 aromatic heterocycles. The van der Waals surface area contributed by atoms with E-state index in [9.17, 15) is 0 Å². The van der Waals surface area contributed by atoms with E-state index in [4.69, 9.17) is 11.6 Å². The second-order valence-corrected chi connectivity index (χ2v) is 7.31. The van der Waals surface area contributed by atoms with E-state index in [1.54, 1.807) is 0 Å². The number of hydrogen-bond acceptors (Lipinski definition) is 2. The zero-order valence-corrected chi connectivity index (χ0v) is 13.5. The van der Waals surface area contributed by atoms with E-state index >= 15 is 0 Å². The van der Waals surface area contributed by atoms with Gasteiger partial charge in [0.15, 0.2) is 0 Å². The van der Waals surface area contributed by atoms with E-state index in [-0.39, 0.29) is 5.41 Å². The normalized spacial score (nSPS) is 18.8. The highest BCUT2D eigenvalue weighted by Gasteiger charge is 2.47. The third kappa shape index (κ3) is 2.30. The number of benzene rings is 1. The summed E-state index contributed by atoms with van der Waals surface area (Å²) in [5.74, 6) is 0. The third-order valence-corrected chi connectivity index (χ3v) is 5.69. The van der Waals surface area contributed by atoms with Crippen LogP contribution in [-0.2, 0) is 5.41 Å². The molecule has 1 aromatic carbocycles. The van der Waals surface area contributed by atoms with Gasteiger partial charge in [-0.2, -0.15) is 0 Å². The van der Waals surface area contributed by atoms with Crippen molar-refractivity contribution in [2.45, 2.75) is 30.7 Å². The van der Waals surface area contributed by atoms with Gasteiger partial charge in [0, 0.05) is 15.3 Å². The lowest BCUT2D eigenvalue weighted by molar-refractivity contribution is 0.0992. The van der Waals surface area contributed by atoms with Crippen LogP contribution < -0.4 is 0 Å². The molecule has 1 heterocycles. The monoisotopic (exact) mass is 305 g/mol. The first-order chi connectivity index (χ1) is 9.63. The Balaban J connectivity index is 2.04. The SMILES string of the molecule is CN(C)C(c1cccs1)C1(c2ccc(Cl)cc2)CCC1. The zero-order chi connectivity index (χ0) is 14.2. The summed E-state index contributed by atoms with van der Waals surface area (Å²) in [6.07, 6.45) is 3.84. The third-order valence-electron chi connectivity index (χ3n) is 4.52. The molecule has 1 aliphatic rings. The van der Waals surface area contributed by atoms with Crippen molar-refractivity contribution < 1.29 is 0 Å². The van der Waals surface area contributed by atoms with Crippen LogP contribution in [0.15, 0.2) is 41.8 Å². The fourth-order valence-electron chi connectivity index (χ4n) is 3.53. The summed E-state index contributed by atoms with van der Waals surface area (Å²) in [6, 6.07) is 13.4. The van der Waals surface area contributed by atoms with E-state index in [2.05, 4.69) is 48.6 Å². The Labute approximate surface area is 130 Å². The van der Waals surface area contributed by atoms with Gasteiger partial charge in [-0.25, -0.2) is 0 Å². The van der Waals surface area contributed by atoms with Gasteiger partial charge >= 0.3 is 0 Å². The quantitative estimate of drug-likeness (QED) is 0.757. The lowest BCUT2D eigenvalue weighted by atomic mass is 9.59. The van der Waals surface area contributed by atoms with Gasteiger partial charge in [0.1, 0.15) is 0 Å². The molecule has 0 N–H and O–H groups in total. The fourth-order valence-corrected chi connectivity index (χ4v) is 4.69. The van der Waals surface area contributed by atoms with E-state index < -0.39 is 0 Å². The molecule has 1 fully saturated rings. The lowest BCUT2D eigenvalue weighted by Gasteiger charge is -2.50. The van der Waals surface area contributed by atoms with Gasteiger partial charge in [-0.1, -0.05) is 36.2 Å². The second kappa shape index (κ2) is 5.51. The number of likely N-dealkylation sites (N-methyl/N-ethyl adjacent to an activating group) is 1. The molecule has 1 saturated carbocycles. The van der Waals surface area contributed by atoms with Crippen LogP contribution in [0.1, 0.15) is 35.7 Å². The molecule has 0 aliphatic heterocycles. The van der Waals surface area contributed by atoms with Crippen LogP contribution in [0, 0.1) is 0 Å². The Morgan fingerprint density at radius 3 is 2.30 bits per heavy atom. The van der Waals surface area contributed by atoms with Gasteiger partial charge in [0.25, 0.3) is 0 Å². The van der Waals surface area contributed by atoms with Crippen LogP contribution in [0.3, 0.4) is 0 Å². The molecule has 0 bridgehead atoms. The van der Waals surface area contributed by atoms with Gasteiger partial charge in [-0.3, -0.25) is 0 Å². The maximum Gasteiger partial charge on any atom is 0.0533 e. The average molecular weight is 306 g/mol. The second-order valence-electron chi connectivity index (χ2n) is 5.90. The fraction of sp³-hybridized carbons (Fsp3) is 0.412. The van der Waals surface area contributed by atoms with Crippen LogP contribution in [0.5, 0.6) is 0 Å². The first-order valence-electron chi connectivity index (χ1n) is 7.09. The molecular formula is C17H20ClNS. The van der Waals surface area contributed by atoms with Gasteiger partial charge in [-0.05, 0) is 56.1 Å². The molecule has 1 aliphatic carbocycles. The first kappa shape index (κ1) is 14.1. The lowest BCUT2D eigenvalue weighted by Crippen LogP contribution is -2.46. The minimum Gasteiger partial charge on any atom is -0.301 e. The molecule has 3 heteroatoms. The van der Waals surface area contributed by atoms with Gasteiger partial charge in [-0.15, -0.1) is 11.3 Å². The van der Waals surface area contributed by atoms with Crippen molar-refractivity contribution in [3.8, 4) is 0 Å². The molecule has 3 rings (SSSR count). The summed E-state index contributed by atoms with van der Waals surface area (Å²) in [4.78, 5) is 3.84. The highest BCUT2D eigenvalue weighted by molar-refractivity contribution is 7.10. The van der Waals surface area contributed by atoms with E-state index in [0.717, 1.165) is 5.02 Å². The maximum atomic E-state index is 6.06. The van der Waals surface area contributed by atoms with E-state index in [1.807, 2.05) is 23.5 Å². The minimum absolute atomic E-state index is 0.249. The van der Waals surface area contributed by atoms with E-state index in [1.165, 1.54) is 29.7 Å².